The van der Waals surface area contributed by atoms with Crippen molar-refractivity contribution in [2.45, 2.75) is 11.3 Å². The summed E-state index contributed by atoms with van der Waals surface area (Å²) in [6.07, 6.45) is 0.839. The van der Waals surface area contributed by atoms with E-state index in [0.29, 0.717) is 31.1 Å². The van der Waals surface area contributed by atoms with Crippen LogP contribution in [0.1, 0.15) is 5.56 Å². The van der Waals surface area contributed by atoms with Gasteiger partial charge < -0.3 is 4.90 Å². The van der Waals surface area contributed by atoms with Gasteiger partial charge in [-0.3, -0.25) is 0 Å². The third-order valence-corrected chi connectivity index (χ3v) is 6.26. The average Bonchev–Trinajstić information content (AvgIpc) is 2.62. The smallest absolute Gasteiger partial charge is 0.243 e. The van der Waals surface area contributed by atoms with E-state index in [9.17, 15) is 12.8 Å². The van der Waals surface area contributed by atoms with Crippen molar-refractivity contribution in [2.75, 3.05) is 32.7 Å². The molecule has 0 atom stereocenters. The molecule has 2 aromatic rings. The van der Waals surface area contributed by atoms with Gasteiger partial charge in [-0.1, -0.05) is 30.3 Å². The normalized spacial score (nSPS) is 17.0. The van der Waals surface area contributed by atoms with E-state index in [1.807, 2.05) is 6.07 Å². The first-order valence-corrected chi connectivity index (χ1v) is 9.52. The van der Waals surface area contributed by atoms with E-state index >= 15 is 0 Å². The van der Waals surface area contributed by atoms with Gasteiger partial charge in [-0.2, -0.15) is 4.31 Å². The highest BCUT2D eigenvalue weighted by atomic mass is 32.2. The Morgan fingerprint density at radius 1 is 0.875 bits per heavy atom. The highest BCUT2D eigenvalue weighted by Gasteiger charge is 2.27. The SMILES string of the molecule is O=S(=O)(c1ccccc1)N1CCN(CCc2ccc(F)cc2)CC1. The minimum absolute atomic E-state index is 0.224. The molecule has 1 saturated heterocycles. The molecule has 1 fully saturated rings. The van der Waals surface area contributed by atoms with Crippen LogP contribution in [0, 0.1) is 5.82 Å². The van der Waals surface area contributed by atoms with Crippen molar-refractivity contribution in [3.05, 3.63) is 66.0 Å². The average molecular weight is 348 g/mol. The van der Waals surface area contributed by atoms with Crippen LogP contribution in [-0.2, 0) is 16.4 Å². The molecule has 1 aliphatic heterocycles. The third-order valence-electron chi connectivity index (χ3n) is 4.34. The van der Waals surface area contributed by atoms with E-state index in [1.165, 1.54) is 12.1 Å². The van der Waals surface area contributed by atoms with Gasteiger partial charge >= 0.3 is 0 Å². The summed E-state index contributed by atoms with van der Waals surface area (Å²) < 4.78 is 39.6. The molecule has 0 bridgehead atoms. The van der Waals surface area contributed by atoms with Gasteiger partial charge in [-0.25, -0.2) is 12.8 Å². The van der Waals surface area contributed by atoms with E-state index in [0.717, 1.165) is 18.5 Å². The van der Waals surface area contributed by atoms with Crippen LogP contribution in [0.3, 0.4) is 0 Å². The number of halogens is 1. The topological polar surface area (TPSA) is 40.6 Å². The molecule has 0 N–H and O–H groups in total. The van der Waals surface area contributed by atoms with Crippen molar-refractivity contribution in [1.29, 1.82) is 0 Å². The molecule has 6 heteroatoms. The van der Waals surface area contributed by atoms with E-state index in [4.69, 9.17) is 0 Å². The Bertz CT molecular complexity index is 755. The molecule has 4 nitrogen and oxygen atoms in total. The van der Waals surface area contributed by atoms with Crippen LogP contribution in [0.2, 0.25) is 0 Å². The molecule has 24 heavy (non-hydrogen) atoms. The molecule has 1 aliphatic rings. The summed E-state index contributed by atoms with van der Waals surface area (Å²) in [5.41, 5.74) is 1.09. The van der Waals surface area contributed by atoms with E-state index in [1.54, 1.807) is 40.7 Å². The lowest BCUT2D eigenvalue weighted by Gasteiger charge is -2.34. The first-order valence-electron chi connectivity index (χ1n) is 8.08. The zero-order chi connectivity index (χ0) is 17.0. The van der Waals surface area contributed by atoms with Gasteiger partial charge in [0.15, 0.2) is 0 Å². The fourth-order valence-corrected chi connectivity index (χ4v) is 4.32. The van der Waals surface area contributed by atoms with Gasteiger partial charge in [0.2, 0.25) is 10.0 Å². The number of rotatable bonds is 5. The second-order valence-corrected chi connectivity index (χ2v) is 7.87. The largest absolute Gasteiger partial charge is 0.300 e. The summed E-state index contributed by atoms with van der Waals surface area (Å²) in [5, 5.41) is 0. The third kappa shape index (κ3) is 4.01. The summed E-state index contributed by atoms with van der Waals surface area (Å²) in [7, 11) is -3.39. The zero-order valence-electron chi connectivity index (χ0n) is 13.4. The van der Waals surface area contributed by atoms with Crippen LogP contribution < -0.4 is 0 Å². The van der Waals surface area contributed by atoms with Gasteiger partial charge in [0, 0.05) is 32.7 Å². The second-order valence-electron chi connectivity index (χ2n) is 5.94. The molecule has 0 radical (unpaired) electrons. The summed E-state index contributed by atoms with van der Waals surface area (Å²) >= 11 is 0. The fourth-order valence-electron chi connectivity index (χ4n) is 2.87. The molecule has 2 aromatic carbocycles. The summed E-state index contributed by atoms with van der Waals surface area (Å²) in [4.78, 5) is 2.60. The highest BCUT2D eigenvalue weighted by molar-refractivity contribution is 7.89. The van der Waals surface area contributed by atoms with Crippen LogP contribution in [-0.4, -0.2) is 50.3 Å². The first-order chi connectivity index (χ1) is 11.6. The minimum atomic E-state index is -3.39. The number of sulfonamides is 1. The summed E-state index contributed by atoms with van der Waals surface area (Å²) in [6.45, 7) is 3.28. The Morgan fingerprint density at radius 3 is 2.12 bits per heavy atom. The Morgan fingerprint density at radius 2 is 1.50 bits per heavy atom. The molecule has 0 saturated carbocycles. The Hall–Kier alpha value is -1.76. The van der Waals surface area contributed by atoms with Crippen molar-refractivity contribution in [1.82, 2.24) is 9.21 Å². The maximum Gasteiger partial charge on any atom is 0.243 e. The van der Waals surface area contributed by atoms with Gasteiger partial charge in [0.25, 0.3) is 0 Å². The maximum absolute atomic E-state index is 12.9. The second kappa shape index (κ2) is 7.42. The maximum atomic E-state index is 12.9. The van der Waals surface area contributed by atoms with Crippen LogP contribution >= 0.6 is 0 Å². The van der Waals surface area contributed by atoms with Crippen molar-refractivity contribution in [2.24, 2.45) is 0 Å². The van der Waals surface area contributed by atoms with Crippen LogP contribution in [0.15, 0.2) is 59.5 Å². The molecule has 3 rings (SSSR count). The van der Waals surface area contributed by atoms with E-state index < -0.39 is 10.0 Å². The lowest BCUT2D eigenvalue weighted by Crippen LogP contribution is -2.48. The molecule has 0 aliphatic carbocycles. The van der Waals surface area contributed by atoms with Gasteiger partial charge in [0.05, 0.1) is 4.90 Å². The molecule has 0 amide bonds. The lowest BCUT2D eigenvalue weighted by molar-refractivity contribution is 0.190. The Balaban J connectivity index is 1.53. The highest BCUT2D eigenvalue weighted by Crippen LogP contribution is 2.17. The quantitative estimate of drug-likeness (QED) is 0.833. The zero-order valence-corrected chi connectivity index (χ0v) is 14.3. The van der Waals surface area contributed by atoms with E-state index in [2.05, 4.69) is 4.90 Å². The van der Waals surface area contributed by atoms with Crippen LogP contribution in [0.4, 0.5) is 4.39 Å². The van der Waals surface area contributed by atoms with Gasteiger partial charge in [0.1, 0.15) is 5.82 Å². The first kappa shape index (κ1) is 17.1. The molecule has 0 unspecified atom stereocenters. The standard InChI is InChI=1S/C18H21FN2O2S/c19-17-8-6-16(7-9-17)10-11-20-12-14-21(15-13-20)24(22,23)18-4-2-1-3-5-18/h1-9H,10-15H2. The molecule has 0 spiro atoms. The number of piperazine rings is 1. The molecular formula is C18H21FN2O2S. The van der Waals surface area contributed by atoms with E-state index in [-0.39, 0.29) is 5.82 Å². The van der Waals surface area contributed by atoms with Crippen molar-refractivity contribution in [3.63, 3.8) is 0 Å². The summed E-state index contributed by atoms with van der Waals surface area (Å²) in [6, 6.07) is 15.1. The van der Waals surface area contributed by atoms with Gasteiger partial charge in [-0.05, 0) is 36.2 Å². The molecule has 1 heterocycles. The predicted octanol–water partition coefficient (Wildman–Crippen LogP) is 2.37. The monoisotopic (exact) mass is 348 g/mol. The fraction of sp³-hybridized carbons (Fsp3) is 0.333. The molecule has 128 valence electrons. The lowest BCUT2D eigenvalue weighted by atomic mass is 10.1. The Kier molecular flexibility index (Phi) is 5.28. The molecular weight excluding hydrogens is 327 g/mol. The van der Waals surface area contributed by atoms with Crippen molar-refractivity contribution in [3.8, 4) is 0 Å². The van der Waals surface area contributed by atoms with Crippen molar-refractivity contribution >= 4 is 10.0 Å². The predicted molar refractivity (Wildman–Crippen MR) is 91.7 cm³/mol. The molecule has 0 aromatic heterocycles. The van der Waals surface area contributed by atoms with Crippen molar-refractivity contribution < 1.29 is 12.8 Å². The number of benzene rings is 2. The van der Waals surface area contributed by atoms with Crippen LogP contribution in [0.5, 0.6) is 0 Å². The van der Waals surface area contributed by atoms with Crippen LogP contribution in [0.25, 0.3) is 0 Å². The summed E-state index contributed by atoms with van der Waals surface area (Å²) in [5.74, 6) is -0.224. The van der Waals surface area contributed by atoms with Gasteiger partial charge in [-0.15, -0.1) is 0 Å². The number of nitrogens with zero attached hydrogens (tertiary/aromatic N) is 2. The number of hydrogen-bond acceptors (Lipinski definition) is 3. The minimum Gasteiger partial charge on any atom is -0.300 e. The Labute approximate surface area is 142 Å². The number of hydrogen-bond donors (Lipinski definition) is 0.